The first-order valence-electron chi connectivity index (χ1n) is 15.4. The average Bonchev–Trinajstić information content (AvgIpc) is 3.29. The van der Waals surface area contributed by atoms with Gasteiger partial charge in [-0.1, -0.05) is 0 Å². The van der Waals surface area contributed by atoms with Crippen molar-refractivity contribution >= 4 is 39.6 Å². The Labute approximate surface area is 246 Å². The Morgan fingerprint density at radius 3 is 2.02 bits per heavy atom. The molecule has 0 fully saturated rings. The molecular formula is C36H41GeN2O+. The van der Waals surface area contributed by atoms with Crippen LogP contribution in [0.5, 0.6) is 0 Å². The molecule has 0 aliphatic carbocycles. The Balaban J connectivity index is 1.93. The number of aromatic nitrogens is 1. The van der Waals surface area contributed by atoms with Crippen LogP contribution in [0.1, 0.15) is 62.3 Å². The van der Waals surface area contributed by atoms with E-state index in [0.29, 0.717) is 16.7 Å². The fourth-order valence-corrected chi connectivity index (χ4v) is 16.8. The number of rotatable bonds is 3. The molecule has 40 heavy (non-hydrogen) atoms. The van der Waals surface area contributed by atoms with Crippen LogP contribution in [0, 0.1) is 25.1 Å². The molecule has 2 aromatic heterocycles. The van der Waals surface area contributed by atoms with Gasteiger partial charge in [-0.15, -0.1) is 0 Å². The van der Waals surface area contributed by atoms with Gasteiger partial charge >= 0.3 is 247 Å². The third kappa shape index (κ3) is 4.20. The molecule has 0 aliphatic rings. The van der Waals surface area contributed by atoms with Crippen LogP contribution in [0.3, 0.4) is 0 Å². The predicted octanol–water partition coefficient (Wildman–Crippen LogP) is 9.12. The molecule has 0 bridgehead atoms. The molecule has 5 rings (SSSR count). The molecule has 0 saturated carbocycles. The van der Waals surface area contributed by atoms with Crippen LogP contribution >= 0.6 is 0 Å². The van der Waals surface area contributed by atoms with E-state index in [0.717, 1.165) is 48.7 Å². The predicted molar refractivity (Wildman–Crippen MR) is 171 cm³/mol. The Hall–Kier alpha value is -3.36. The molecule has 0 N–H and O–H groups in total. The third-order valence-corrected chi connectivity index (χ3v) is 25.0. The standard InChI is InChI=1S/C36H41GeN2O/c1-23-16-18-27-28-19-17-26(21-38)32(25-14-12-11-13-15-25)34(28)40-33(27)31(23)30-20-29(24(2)22-39(30)10)37(9,35(3,4)5)36(6,7)8/h11-20,22H,1-10H3/q+1/i2D3. The minimum atomic E-state index is -3.19. The fraction of sp³-hybridized carbons (Fsp3) is 0.333. The summed E-state index contributed by atoms with van der Waals surface area (Å²) in [5.41, 5.74) is 7.05. The van der Waals surface area contributed by atoms with Crippen molar-refractivity contribution in [2.75, 3.05) is 0 Å². The van der Waals surface area contributed by atoms with Gasteiger partial charge in [0, 0.05) is 0 Å². The number of nitriles is 1. The fourth-order valence-electron chi connectivity index (χ4n) is 6.55. The second-order valence-electron chi connectivity index (χ2n) is 13.3. The summed E-state index contributed by atoms with van der Waals surface area (Å²) in [5.74, 6) is 2.39. The van der Waals surface area contributed by atoms with Crippen molar-refractivity contribution in [1.29, 1.82) is 5.26 Å². The molecule has 3 aromatic carbocycles. The Kier molecular flexibility index (Phi) is 5.88. The Morgan fingerprint density at radius 2 is 1.45 bits per heavy atom. The van der Waals surface area contributed by atoms with Gasteiger partial charge in [0.25, 0.3) is 0 Å². The molecular weight excluding hydrogens is 549 g/mol. The molecule has 0 amide bonds. The minimum absolute atomic E-state index is 0.0614. The zero-order valence-electron chi connectivity index (χ0n) is 28.2. The van der Waals surface area contributed by atoms with E-state index in [1.165, 1.54) is 0 Å². The van der Waals surface area contributed by atoms with Gasteiger partial charge < -0.3 is 0 Å². The summed E-state index contributed by atoms with van der Waals surface area (Å²) >= 11 is -3.19. The molecule has 0 aliphatic heterocycles. The molecule has 0 unspecified atom stereocenters. The van der Waals surface area contributed by atoms with E-state index in [1.807, 2.05) is 60.3 Å². The molecule has 2 heterocycles. The Bertz CT molecular complexity index is 1900. The van der Waals surface area contributed by atoms with E-state index in [4.69, 9.17) is 8.53 Å². The number of pyridine rings is 1. The number of furan rings is 1. The molecule has 3 nitrogen and oxygen atoms in total. The zero-order chi connectivity index (χ0) is 31.7. The molecule has 204 valence electrons. The zero-order valence-corrected chi connectivity index (χ0v) is 27.3. The van der Waals surface area contributed by atoms with E-state index in [9.17, 15) is 5.26 Å². The Morgan fingerprint density at radius 1 is 0.850 bits per heavy atom. The van der Waals surface area contributed by atoms with Crippen LogP contribution in [0.2, 0.25) is 14.3 Å². The van der Waals surface area contributed by atoms with E-state index in [1.54, 1.807) is 0 Å². The van der Waals surface area contributed by atoms with Crippen LogP contribution in [0.15, 0.2) is 71.3 Å². The normalized spacial score (nSPS) is 14.2. The molecule has 0 spiro atoms. The summed E-state index contributed by atoms with van der Waals surface area (Å²) in [6.45, 7) is 13.5. The van der Waals surface area contributed by atoms with Gasteiger partial charge in [0.2, 0.25) is 0 Å². The molecule has 0 radical (unpaired) electrons. The van der Waals surface area contributed by atoms with Crippen LogP contribution < -0.4 is 8.96 Å². The number of hydrogen-bond donors (Lipinski definition) is 0. The van der Waals surface area contributed by atoms with E-state index in [2.05, 4.69) is 78.5 Å². The monoisotopic (exact) mass is 594 g/mol. The van der Waals surface area contributed by atoms with Crippen LogP contribution in [-0.4, -0.2) is 13.3 Å². The molecule has 0 saturated heterocycles. The molecule has 5 aromatic rings. The number of benzene rings is 3. The summed E-state index contributed by atoms with van der Waals surface area (Å²) in [6.07, 6.45) is 1.84. The first-order valence-corrected chi connectivity index (χ1v) is 19.2. The second-order valence-corrected chi connectivity index (χ2v) is 25.4. The van der Waals surface area contributed by atoms with Gasteiger partial charge in [-0.25, -0.2) is 0 Å². The maximum absolute atomic E-state index is 10.0. The van der Waals surface area contributed by atoms with Crippen molar-refractivity contribution in [3.05, 3.63) is 83.6 Å². The summed E-state index contributed by atoms with van der Waals surface area (Å²) in [7, 11) is 1.93. The van der Waals surface area contributed by atoms with Crippen LogP contribution in [-0.2, 0) is 7.05 Å². The summed E-state index contributed by atoms with van der Waals surface area (Å²) in [4.78, 5) is 0. The van der Waals surface area contributed by atoms with Crippen molar-refractivity contribution < 1.29 is 13.1 Å². The van der Waals surface area contributed by atoms with Crippen molar-refractivity contribution in [1.82, 2.24) is 0 Å². The number of aryl methyl sites for hydroxylation is 3. The van der Waals surface area contributed by atoms with Crippen molar-refractivity contribution in [3.63, 3.8) is 0 Å². The van der Waals surface area contributed by atoms with E-state index < -0.39 is 20.1 Å². The first-order chi connectivity index (χ1) is 19.9. The number of hydrogen-bond acceptors (Lipinski definition) is 2. The topological polar surface area (TPSA) is 40.8 Å². The first kappa shape index (κ1) is 24.4. The maximum atomic E-state index is 10.0. The van der Waals surface area contributed by atoms with Crippen LogP contribution in [0.4, 0.5) is 0 Å². The van der Waals surface area contributed by atoms with Gasteiger partial charge in [0.05, 0.1) is 0 Å². The van der Waals surface area contributed by atoms with Gasteiger partial charge in [-0.3, -0.25) is 0 Å². The SMILES string of the molecule is [2H]C([2H])([2H])c1c[n+](C)c(-c2c(C)ccc3c2oc2c(-c4ccccc4)c(C#N)ccc23)c[c]1[Ge]([CH3])([C](C)(C)C)[C](C)(C)C. The van der Waals surface area contributed by atoms with Crippen molar-refractivity contribution in [2.45, 2.75) is 69.6 Å². The molecule has 0 atom stereocenters. The van der Waals surface area contributed by atoms with Gasteiger partial charge in [0.1, 0.15) is 0 Å². The van der Waals surface area contributed by atoms with Crippen molar-refractivity contribution in [3.8, 4) is 28.5 Å². The second kappa shape index (κ2) is 9.63. The molecule has 4 heteroatoms. The summed E-state index contributed by atoms with van der Waals surface area (Å²) in [5, 5.41) is 11.9. The average molecular weight is 593 g/mol. The summed E-state index contributed by atoms with van der Waals surface area (Å²) < 4.78 is 35.3. The van der Waals surface area contributed by atoms with E-state index >= 15 is 0 Å². The quantitative estimate of drug-likeness (QED) is 0.155. The number of nitrogens with zero attached hydrogens (tertiary/aromatic N) is 2. The van der Waals surface area contributed by atoms with Crippen molar-refractivity contribution in [2.24, 2.45) is 7.05 Å². The van der Waals surface area contributed by atoms with E-state index in [-0.39, 0.29) is 8.49 Å². The summed E-state index contributed by atoms with van der Waals surface area (Å²) in [6, 6.07) is 22.5. The number of fused-ring (bicyclic) bond motifs is 3. The van der Waals surface area contributed by atoms with Gasteiger partial charge in [0.15, 0.2) is 0 Å². The third-order valence-electron chi connectivity index (χ3n) is 9.27. The van der Waals surface area contributed by atoms with Gasteiger partial charge in [-0.2, -0.15) is 0 Å². The van der Waals surface area contributed by atoms with Crippen LogP contribution in [0.25, 0.3) is 44.3 Å². The van der Waals surface area contributed by atoms with Gasteiger partial charge in [-0.05, 0) is 0 Å².